The molecule has 4 nitrogen and oxygen atoms in total. The zero-order valence-corrected chi connectivity index (χ0v) is 12.7. The first-order chi connectivity index (χ1) is 9.14. The van der Waals surface area contributed by atoms with Gasteiger partial charge in [-0.2, -0.15) is 5.26 Å². The quantitative estimate of drug-likeness (QED) is 0.834. The van der Waals surface area contributed by atoms with E-state index in [-0.39, 0.29) is 5.54 Å². The van der Waals surface area contributed by atoms with Gasteiger partial charge in [0.25, 0.3) is 0 Å². The van der Waals surface area contributed by atoms with Gasteiger partial charge in [-0.3, -0.25) is 15.1 Å². The molecular weight excluding hydrogens is 236 g/mol. The maximum Gasteiger partial charge on any atom is 0.108 e. The van der Waals surface area contributed by atoms with Gasteiger partial charge in [0.05, 0.1) is 6.07 Å². The molecule has 0 aromatic rings. The molecule has 0 radical (unpaired) electrons. The Morgan fingerprint density at radius 1 is 1.37 bits per heavy atom. The van der Waals surface area contributed by atoms with E-state index in [0.29, 0.717) is 12.1 Å². The van der Waals surface area contributed by atoms with Crippen LogP contribution in [0.2, 0.25) is 0 Å². The summed E-state index contributed by atoms with van der Waals surface area (Å²) in [5, 5.41) is 12.9. The lowest BCUT2D eigenvalue weighted by molar-refractivity contribution is 0.0589. The number of piperazine rings is 1. The summed E-state index contributed by atoms with van der Waals surface area (Å²) in [6, 6.07) is 3.78. The summed E-state index contributed by atoms with van der Waals surface area (Å²) in [7, 11) is 0. The Morgan fingerprint density at radius 3 is 2.74 bits per heavy atom. The molecule has 1 saturated carbocycles. The molecule has 3 atom stereocenters. The first-order valence-corrected chi connectivity index (χ1v) is 7.78. The van der Waals surface area contributed by atoms with Crippen LogP contribution in [0.1, 0.15) is 40.0 Å². The Bertz CT molecular complexity index is 338. The zero-order chi connectivity index (χ0) is 13.9. The molecule has 0 amide bonds. The average molecular weight is 264 g/mol. The standard InChI is InChI=1S/C15H28N4/c1-4-17-15(12-16)7-6-14(10-15)19-9-8-18(5-2)13(3)11-19/h13-14,17H,4-11H2,1-3H3. The molecule has 2 rings (SSSR count). The average Bonchev–Trinajstić information content (AvgIpc) is 2.84. The summed E-state index contributed by atoms with van der Waals surface area (Å²) >= 11 is 0. The number of likely N-dealkylation sites (N-methyl/N-ethyl adjacent to an activating group) is 1. The zero-order valence-electron chi connectivity index (χ0n) is 12.7. The molecule has 2 fully saturated rings. The smallest absolute Gasteiger partial charge is 0.108 e. The Morgan fingerprint density at radius 2 is 2.16 bits per heavy atom. The molecule has 1 N–H and O–H groups in total. The second-order valence-corrected chi connectivity index (χ2v) is 6.09. The number of hydrogen-bond donors (Lipinski definition) is 1. The van der Waals surface area contributed by atoms with Gasteiger partial charge < -0.3 is 0 Å². The van der Waals surface area contributed by atoms with Crippen molar-refractivity contribution < 1.29 is 0 Å². The van der Waals surface area contributed by atoms with E-state index < -0.39 is 0 Å². The highest BCUT2D eigenvalue weighted by Crippen LogP contribution is 2.33. The summed E-state index contributed by atoms with van der Waals surface area (Å²) in [4.78, 5) is 5.17. The van der Waals surface area contributed by atoms with Crippen molar-refractivity contribution in [3.63, 3.8) is 0 Å². The minimum absolute atomic E-state index is 0.259. The third-order valence-corrected chi connectivity index (χ3v) is 4.94. The number of nitrogens with zero attached hydrogens (tertiary/aromatic N) is 3. The SMILES string of the molecule is CCNC1(C#N)CCC(N2CCN(CC)C(C)C2)C1. The van der Waals surface area contributed by atoms with E-state index in [1.54, 1.807) is 0 Å². The molecule has 3 unspecified atom stereocenters. The van der Waals surface area contributed by atoms with Crippen LogP contribution in [0.3, 0.4) is 0 Å². The molecule has 1 heterocycles. The van der Waals surface area contributed by atoms with Gasteiger partial charge >= 0.3 is 0 Å². The van der Waals surface area contributed by atoms with Crippen molar-refractivity contribution >= 4 is 0 Å². The van der Waals surface area contributed by atoms with Crippen LogP contribution in [0.25, 0.3) is 0 Å². The Kier molecular flexibility index (Phi) is 4.83. The van der Waals surface area contributed by atoms with Crippen LogP contribution < -0.4 is 5.32 Å². The fourth-order valence-corrected chi connectivity index (χ4v) is 3.80. The summed E-state index contributed by atoms with van der Waals surface area (Å²) in [6.07, 6.45) is 3.17. The summed E-state index contributed by atoms with van der Waals surface area (Å²) < 4.78 is 0. The topological polar surface area (TPSA) is 42.3 Å². The van der Waals surface area contributed by atoms with Crippen LogP contribution in [-0.2, 0) is 0 Å². The van der Waals surface area contributed by atoms with Crippen molar-refractivity contribution in [2.45, 2.75) is 57.7 Å². The normalized spacial score (nSPS) is 37.4. The van der Waals surface area contributed by atoms with Gasteiger partial charge in [0.15, 0.2) is 0 Å². The van der Waals surface area contributed by atoms with Crippen molar-refractivity contribution in [1.82, 2.24) is 15.1 Å². The van der Waals surface area contributed by atoms with E-state index in [1.165, 1.54) is 13.0 Å². The minimum atomic E-state index is -0.259. The van der Waals surface area contributed by atoms with Crippen molar-refractivity contribution in [3.05, 3.63) is 0 Å². The Balaban J connectivity index is 1.93. The summed E-state index contributed by atoms with van der Waals surface area (Å²) in [5.41, 5.74) is -0.259. The predicted molar refractivity (Wildman–Crippen MR) is 77.9 cm³/mol. The van der Waals surface area contributed by atoms with Crippen LogP contribution in [0.4, 0.5) is 0 Å². The number of rotatable bonds is 4. The maximum absolute atomic E-state index is 9.46. The van der Waals surface area contributed by atoms with Crippen LogP contribution in [-0.4, -0.2) is 60.1 Å². The van der Waals surface area contributed by atoms with E-state index in [2.05, 4.69) is 42.0 Å². The van der Waals surface area contributed by atoms with Crippen LogP contribution >= 0.6 is 0 Å². The predicted octanol–water partition coefficient (Wildman–Crippen LogP) is 1.44. The second-order valence-electron chi connectivity index (χ2n) is 6.09. The fraction of sp³-hybridized carbons (Fsp3) is 0.933. The van der Waals surface area contributed by atoms with Gasteiger partial charge in [-0.05, 0) is 39.3 Å². The van der Waals surface area contributed by atoms with Gasteiger partial charge in [0, 0.05) is 31.7 Å². The monoisotopic (exact) mass is 264 g/mol. The van der Waals surface area contributed by atoms with Gasteiger partial charge in [0.2, 0.25) is 0 Å². The molecule has 0 bridgehead atoms. The third-order valence-electron chi connectivity index (χ3n) is 4.94. The highest BCUT2D eigenvalue weighted by atomic mass is 15.3. The summed E-state index contributed by atoms with van der Waals surface area (Å²) in [6.45, 7) is 12.2. The highest BCUT2D eigenvalue weighted by Gasteiger charge is 2.42. The van der Waals surface area contributed by atoms with E-state index in [1.807, 2.05) is 0 Å². The fourth-order valence-electron chi connectivity index (χ4n) is 3.80. The highest BCUT2D eigenvalue weighted by molar-refractivity contribution is 5.13. The van der Waals surface area contributed by atoms with Crippen molar-refractivity contribution in [1.29, 1.82) is 5.26 Å². The van der Waals surface area contributed by atoms with E-state index in [4.69, 9.17) is 0 Å². The molecule has 1 saturated heterocycles. The van der Waals surface area contributed by atoms with Crippen LogP contribution in [0, 0.1) is 11.3 Å². The first-order valence-electron chi connectivity index (χ1n) is 7.78. The van der Waals surface area contributed by atoms with Crippen molar-refractivity contribution in [2.24, 2.45) is 0 Å². The molecule has 4 heteroatoms. The lowest BCUT2D eigenvalue weighted by atomic mass is 9.99. The lowest BCUT2D eigenvalue weighted by Crippen LogP contribution is -2.54. The minimum Gasteiger partial charge on any atom is -0.300 e. The molecule has 1 aliphatic heterocycles. The van der Waals surface area contributed by atoms with Crippen molar-refractivity contribution in [2.75, 3.05) is 32.7 Å². The van der Waals surface area contributed by atoms with E-state index >= 15 is 0 Å². The molecule has 0 spiro atoms. The van der Waals surface area contributed by atoms with Crippen LogP contribution in [0.15, 0.2) is 0 Å². The summed E-state index contributed by atoms with van der Waals surface area (Å²) in [5.74, 6) is 0. The Labute approximate surface area is 117 Å². The molecule has 1 aliphatic carbocycles. The molecule has 19 heavy (non-hydrogen) atoms. The molecule has 2 aliphatic rings. The number of nitrogens with one attached hydrogen (secondary N) is 1. The third kappa shape index (κ3) is 3.10. The number of nitriles is 1. The van der Waals surface area contributed by atoms with E-state index in [9.17, 15) is 5.26 Å². The van der Waals surface area contributed by atoms with Gasteiger partial charge in [-0.25, -0.2) is 0 Å². The maximum atomic E-state index is 9.46. The largest absolute Gasteiger partial charge is 0.300 e. The van der Waals surface area contributed by atoms with Gasteiger partial charge in [-0.1, -0.05) is 13.8 Å². The molecule has 108 valence electrons. The first kappa shape index (κ1) is 14.8. The van der Waals surface area contributed by atoms with Crippen LogP contribution in [0.5, 0.6) is 0 Å². The number of hydrogen-bond acceptors (Lipinski definition) is 4. The lowest BCUT2D eigenvalue weighted by Gasteiger charge is -2.42. The van der Waals surface area contributed by atoms with Crippen molar-refractivity contribution in [3.8, 4) is 6.07 Å². The molecule has 0 aromatic carbocycles. The Hall–Kier alpha value is -0.630. The molecular formula is C15H28N4. The van der Waals surface area contributed by atoms with E-state index in [0.717, 1.165) is 39.0 Å². The van der Waals surface area contributed by atoms with Gasteiger partial charge in [0.1, 0.15) is 5.54 Å². The molecule has 0 aromatic heterocycles. The second kappa shape index (κ2) is 6.21. The van der Waals surface area contributed by atoms with Gasteiger partial charge in [-0.15, -0.1) is 0 Å².